The number of amides is 1. The van der Waals surface area contributed by atoms with Gasteiger partial charge in [0.2, 0.25) is 5.91 Å². The van der Waals surface area contributed by atoms with Crippen LogP contribution < -0.4 is 10.9 Å². The first kappa shape index (κ1) is 16.4. The third-order valence-electron chi connectivity index (χ3n) is 4.57. The lowest BCUT2D eigenvalue weighted by Gasteiger charge is -2.10. The van der Waals surface area contributed by atoms with Gasteiger partial charge in [-0.3, -0.25) is 14.2 Å². The summed E-state index contributed by atoms with van der Waals surface area (Å²) in [6.45, 7) is 0.898. The van der Waals surface area contributed by atoms with Crippen molar-refractivity contribution in [2.24, 2.45) is 5.92 Å². The number of hydrogen-bond acceptors (Lipinski definition) is 3. The normalized spacial score (nSPS) is 14.7. The zero-order valence-corrected chi connectivity index (χ0v) is 13.8. The summed E-state index contributed by atoms with van der Waals surface area (Å²) in [5.41, 5.74) is 1.49. The van der Waals surface area contributed by atoms with E-state index in [1.807, 2.05) is 30.3 Å². The minimum Gasteiger partial charge on any atom is -0.354 e. The first-order chi connectivity index (χ1) is 11.7. The summed E-state index contributed by atoms with van der Waals surface area (Å²) >= 11 is 0. The van der Waals surface area contributed by atoms with Crippen LogP contribution in [0.5, 0.6) is 0 Å². The van der Waals surface area contributed by atoms with Crippen molar-refractivity contribution in [2.45, 2.75) is 38.6 Å². The van der Waals surface area contributed by atoms with E-state index in [2.05, 4.69) is 10.3 Å². The zero-order valence-electron chi connectivity index (χ0n) is 13.8. The Morgan fingerprint density at radius 1 is 1.21 bits per heavy atom. The van der Waals surface area contributed by atoms with Crippen molar-refractivity contribution in [3.05, 3.63) is 53.1 Å². The van der Waals surface area contributed by atoms with Crippen LogP contribution in [0.25, 0.3) is 11.3 Å². The van der Waals surface area contributed by atoms with Gasteiger partial charge < -0.3 is 5.32 Å². The van der Waals surface area contributed by atoms with Gasteiger partial charge in [0.1, 0.15) is 0 Å². The van der Waals surface area contributed by atoms with E-state index < -0.39 is 0 Å². The highest BCUT2D eigenvalue weighted by molar-refractivity contribution is 5.76. The molecule has 3 rings (SSSR count). The topological polar surface area (TPSA) is 64.0 Å². The average Bonchev–Trinajstić information content (AvgIpc) is 3.10. The van der Waals surface area contributed by atoms with E-state index in [9.17, 15) is 9.59 Å². The summed E-state index contributed by atoms with van der Waals surface area (Å²) in [6, 6.07) is 11.2. The minimum atomic E-state index is -0.103. The molecule has 1 aliphatic rings. The molecule has 1 heterocycles. The highest BCUT2D eigenvalue weighted by Crippen LogP contribution is 2.27. The average molecular weight is 325 g/mol. The van der Waals surface area contributed by atoms with Gasteiger partial charge >= 0.3 is 0 Å². The molecule has 1 aliphatic carbocycles. The quantitative estimate of drug-likeness (QED) is 0.888. The van der Waals surface area contributed by atoms with Crippen LogP contribution in [-0.2, 0) is 11.3 Å². The van der Waals surface area contributed by atoms with Gasteiger partial charge in [0.25, 0.3) is 5.56 Å². The molecule has 1 aromatic carbocycles. The Bertz CT molecular complexity index is 734. The van der Waals surface area contributed by atoms with Gasteiger partial charge in [0.15, 0.2) is 0 Å². The fourth-order valence-electron chi connectivity index (χ4n) is 3.23. The summed E-state index contributed by atoms with van der Waals surface area (Å²) < 4.78 is 1.53. The molecule has 1 fully saturated rings. The third kappa shape index (κ3) is 4.31. The first-order valence-electron chi connectivity index (χ1n) is 8.61. The molecule has 1 aromatic heterocycles. The number of aromatic nitrogens is 2. The molecule has 0 spiro atoms. The van der Waals surface area contributed by atoms with Crippen LogP contribution in [0.15, 0.2) is 47.5 Å². The molecule has 5 nitrogen and oxygen atoms in total. The lowest BCUT2D eigenvalue weighted by molar-refractivity contribution is -0.122. The Hall–Kier alpha value is -2.43. The number of carbonyl (C=O) groups is 1. The van der Waals surface area contributed by atoms with E-state index in [-0.39, 0.29) is 11.5 Å². The number of rotatable bonds is 6. The number of nitrogens with zero attached hydrogens (tertiary/aromatic N) is 2. The highest BCUT2D eigenvalue weighted by Gasteiger charge is 2.18. The second-order valence-electron chi connectivity index (χ2n) is 6.38. The molecular weight excluding hydrogens is 302 g/mol. The number of benzene rings is 1. The summed E-state index contributed by atoms with van der Waals surface area (Å²) in [6.07, 6.45) is 6.98. The van der Waals surface area contributed by atoms with E-state index in [1.54, 1.807) is 6.33 Å². The third-order valence-corrected chi connectivity index (χ3v) is 4.57. The van der Waals surface area contributed by atoms with E-state index in [0.717, 1.165) is 18.4 Å². The van der Waals surface area contributed by atoms with Crippen LogP contribution in [0.4, 0.5) is 0 Å². The maximum atomic E-state index is 12.2. The number of nitrogens with one attached hydrogen (secondary N) is 1. The van der Waals surface area contributed by atoms with Crippen LogP contribution in [0.2, 0.25) is 0 Å². The largest absolute Gasteiger partial charge is 0.354 e. The molecule has 0 aliphatic heterocycles. The number of carbonyl (C=O) groups excluding carboxylic acids is 1. The molecule has 1 saturated carbocycles. The van der Waals surface area contributed by atoms with Gasteiger partial charge in [0.05, 0.1) is 12.0 Å². The molecule has 126 valence electrons. The van der Waals surface area contributed by atoms with Crippen LogP contribution in [0, 0.1) is 5.92 Å². The van der Waals surface area contributed by atoms with Crippen molar-refractivity contribution in [3.8, 4) is 11.3 Å². The van der Waals surface area contributed by atoms with Crippen LogP contribution in [0.1, 0.15) is 32.1 Å². The fourth-order valence-corrected chi connectivity index (χ4v) is 3.23. The van der Waals surface area contributed by atoms with Gasteiger partial charge in [0, 0.05) is 31.1 Å². The van der Waals surface area contributed by atoms with E-state index in [4.69, 9.17) is 0 Å². The second-order valence-corrected chi connectivity index (χ2v) is 6.38. The molecule has 5 heteroatoms. The molecule has 0 saturated heterocycles. The standard InChI is InChI=1S/C19H23N3O2/c23-18(12-15-6-4-5-7-15)20-10-11-22-14-21-17(13-19(22)24)16-8-2-1-3-9-16/h1-3,8-9,13-15H,4-7,10-12H2,(H,20,23). The van der Waals surface area contributed by atoms with Crippen molar-refractivity contribution in [1.82, 2.24) is 14.9 Å². The molecule has 0 atom stereocenters. The van der Waals surface area contributed by atoms with Crippen LogP contribution in [0.3, 0.4) is 0 Å². The van der Waals surface area contributed by atoms with E-state index >= 15 is 0 Å². The van der Waals surface area contributed by atoms with Gasteiger partial charge in [-0.15, -0.1) is 0 Å². The minimum absolute atomic E-state index is 0.0869. The summed E-state index contributed by atoms with van der Waals surface area (Å²) in [7, 11) is 0. The Balaban J connectivity index is 1.52. The van der Waals surface area contributed by atoms with Crippen molar-refractivity contribution in [1.29, 1.82) is 0 Å². The lowest BCUT2D eigenvalue weighted by atomic mass is 10.0. The summed E-state index contributed by atoms with van der Waals surface area (Å²) in [5.74, 6) is 0.628. The Labute approximate surface area is 141 Å². The summed E-state index contributed by atoms with van der Waals surface area (Å²) in [4.78, 5) is 28.4. The molecule has 24 heavy (non-hydrogen) atoms. The maximum absolute atomic E-state index is 12.2. The SMILES string of the molecule is O=C(CC1CCCC1)NCCn1cnc(-c2ccccc2)cc1=O. The molecule has 0 bridgehead atoms. The van der Waals surface area contributed by atoms with Gasteiger partial charge in [-0.2, -0.15) is 0 Å². The van der Waals surface area contributed by atoms with Gasteiger partial charge in [-0.1, -0.05) is 43.2 Å². The van der Waals surface area contributed by atoms with E-state index in [1.165, 1.54) is 23.5 Å². The molecule has 1 amide bonds. The fraction of sp³-hybridized carbons (Fsp3) is 0.421. The molecule has 2 aromatic rings. The first-order valence-corrected chi connectivity index (χ1v) is 8.61. The van der Waals surface area contributed by atoms with Crippen molar-refractivity contribution < 1.29 is 4.79 Å². The molecule has 0 unspecified atom stereocenters. The van der Waals surface area contributed by atoms with Gasteiger partial charge in [-0.25, -0.2) is 4.98 Å². The Kier molecular flexibility index (Phi) is 5.41. The highest BCUT2D eigenvalue weighted by atomic mass is 16.1. The van der Waals surface area contributed by atoms with Crippen molar-refractivity contribution >= 4 is 5.91 Å². The Morgan fingerprint density at radius 3 is 2.67 bits per heavy atom. The lowest BCUT2D eigenvalue weighted by Crippen LogP contribution is -2.31. The van der Waals surface area contributed by atoms with Crippen LogP contribution >= 0.6 is 0 Å². The summed E-state index contributed by atoms with van der Waals surface area (Å²) in [5, 5.41) is 2.91. The molecule has 1 N–H and O–H groups in total. The monoisotopic (exact) mass is 325 g/mol. The smallest absolute Gasteiger partial charge is 0.253 e. The predicted molar refractivity (Wildman–Crippen MR) is 93.5 cm³/mol. The second kappa shape index (κ2) is 7.90. The predicted octanol–water partition coefficient (Wildman–Crippen LogP) is 2.61. The number of hydrogen-bond donors (Lipinski definition) is 1. The zero-order chi connectivity index (χ0) is 16.8. The van der Waals surface area contributed by atoms with Crippen molar-refractivity contribution in [3.63, 3.8) is 0 Å². The van der Waals surface area contributed by atoms with Crippen LogP contribution in [-0.4, -0.2) is 22.0 Å². The van der Waals surface area contributed by atoms with Gasteiger partial charge in [-0.05, 0) is 18.8 Å². The van der Waals surface area contributed by atoms with Crippen molar-refractivity contribution in [2.75, 3.05) is 6.54 Å². The molecule has 0 radical (unpaired) electrons. The Morgan fingerprint density at radius 2 is 1.96 bits per heavy atom. The van der Waals surface area contributed by atoms with E-state index in [0.29, 0.717) is 31.1 Å². The maximum Gasteiger partial charge on any atom is 0.253 e. The molecular formula is C19H23N3O2.